The first-order chi connectivity index (χ1) is 7.70. The Morgan fingerprint density at radius 3 is 2.19 bits per heavy atom. The molecular formula is C12H20N2O2. The van der Waals surface area contributed by atoms with Crippen LogP contribution in [0.1, 0.15) is 51.4 Å². The molecule has 2 atom stereocenters. The normalized spacial score (nSPS) is 27.4. The number of hydrogen-bond acceptors (Lipinski definition) is 2. The quantitative estimate of drug-likeness (QED) is 0.563. The molecule has 2 unspecified atom stereocenters. The molecule has 2 aliphatic rings. The number of carbonyl (C=O) groups is 2. The van der Waals surface area contributed by atoms with Crippen molar-refractivity contribution < 1.29 is 9.59 Å². The van der Waals surface area contributed by atoms with Crippen LogP contribution in [0.2, 0.25) is 0 Å². The lowest BCUT2D eigenvalue weighted by atomic mass is 10.0. The highest BCUT2D eigenvalue weighted by Crippen LogP contribution is 2.40. The van der Waals surface area contributed by atoms with Gasteiger partial charge in [0.15, 0.2) is 0 Å². The number of rotatable bonds is 5. The fourth-order valence-electron chi connectivity index (χ4n) is 2.78. The van der Waals surface area contributed by atoms with Gasteiger partial charge in [0.2, 0.25) is 11.8 Å². The fraction of sp³-hybridized carbons (Fsp3) is 0.833. The van der Waals surface area contributed by atoms with E-state index in [-0.39, 0.29) is 11.8 Å². The summed E-state index contributed by atoms with van der Waals surface area (Å²) in [7, 11) is 0. The maximum absolute atomic E-state index is 11.8. The van der Waals surface area contributed by atoms with Gasteiger partial charge in [-0.2, -0.15) is 0 Å². The van der Waals surface area contributed by atoms with Gasteiger partial charge in [-0.15, -0.1) is 0 Å². The van der Waals surface area contributed by atoms with E-state index in [0.717, 1.165) is 12.8 Å². The van der Waals surface area contributed by atoms with Gasteiger partial charge in [-0.3, -0.25) is 9.59 Å². The first kappa shape index (κ1) is 11.4. The molecule has 1 saturated heterocycles. The molecule has 0 radical (unpaired) electrons. The van der Waals surface area contributed by atoms with Crippen molar-refractivity contribution in [1.29, 1.82) is 0 Å². The molecule has 2 amide bonds. The number of carbonyl (C=O) groups excluding carboxylic acids is 2. The van der Waals surface area contributed by atoms with Crippen LogP contribution < -0.4 is 5.73 Å². The number of nitrogens with two attached hydrogens (primary N) is 1. The lowest BCUT2D eigenvalue weighted by molar-refractivity contribution is -0.127. The Labute approximate surface area is 96.2 Å². The van der Waals surface area contributed by atoms with Crippen LogP contribution in [0.25, 0.3) is 0 Å². The topological polar surface area (TPSA) is 63.2 Å². The third kappa shape index (κ3) is 2.54. The van der Waals surface area contributed by atoms with Gasteiger partial charge in [-0.05, 0) is 25.7 Å². The Hall–Kier alpha value is -1.06. The van der Waals surface area contributed by atoms with Gasteiger partial charge in [0.05, 0.1) is 12.1 Å². The third-order valence-electron chi connectivity index (χ3n) is 3.67. The second kappa shape index (κ2) is 4.85. The summed E-state index contributed by atoms with van der Waals surface area (Å²) >= 11 is 0. The molecule has 90 valence electrons. The Bertz CT molecular complexity index is 279. The number of likely N-dealkylation sites (tertiary alicyclic amines) is 1. The highest BCUT2D eigenvalue weighted by molar-refractivity contribution is 5.80. The van der Waals surface area contributed by atoms with E-state index in [2.05, 4.69) is 4.90 Å². The van der Waals surface area contributed by atoms with Crippen molar-refractivity contribution in [2.45, 2.75) is 63.5 Å². The van der Waals surface area contributed by atoms with E-state index in [0.29, 0.717) is 24.9 Å². The minimum atomic E-state index is -0.271. The van der Waals surface area contributed by atoms with Crippen LogP contribution in [0.15, 0.2) is 0 Å². The summed E-state index contributed by atoms with van der Waals surface area (Å²) in [5, 5.41) is 0. The maximum atomic E-state index is 11.8. The van der Waals surface area contributed by atoms with Crippen LogP contribution in [0.5, 0.6) is 0 Å². The van der Waals surface area contributed by atoms with E-state index in [1.54, 1.807) is 0 Å². The fourth-order valence-corrected chi connectivity index (χ4v) is 2.78. The zero-order valence-corrected chi connectivity index (χ0v) is 9.65. The number of fused-ring (bicyclic) bond motifs is 1. The van der Waals surface area contributed by atoms with Crippen molar-refractivity contribution in [2.24, 2.45) is 5.73 Å². The molecule has 4 nitrogen and oxygen atoms in total. The van der Waals surface area contributed by atoms with E-state index in [4.69, 9.17) is 5.73 Å². The second-order valence-electron chi connectivity index (χ2n) is 4.89. The van der Waals surface area contributed by atoms with Gasteiger partial charge in [-0.1, -0.05) is 12.8 Å². The molecule has 0 aromatic heterocycles. The molecule has 1 heterocycles. The van der Waals surface area contributed by atoms with E-state index in [9.17, 15) is 9.59 Å². The van der Waals surface area contributed by atoms with Gasteiger partial charge in [0, 0.05) is 12.8 Å². The maximum Gasteiger partial charge on any atom is 0.223 e. The summed E-state index contributed by atoms with van der Waals surface area (Å²) in [5.74, 6) is 0.00853. The number of primary amides is 1. The summed E-state index contributed by atoms with van der Waals surface area (Å²) in [6.45, 7) is 0. The van der Waals surface area contributed by atoms with Crippen LogP contribution in [-0.2, 0) is 9.59 Å². The lowest BCUT2D eigenvalue weighted by Crippen LogP contribution is -2.14. The van der Waals surface area contributed by atoms with Crippen LogP contribution in [0, 0.1) is 0 Å². The van der Waals surface area contributed by atoms with Crippen molar-refractivity contribution in [3.05, 3.63) is 0 Å². The number of nitrogens with zero attached hydrogens (tertiary/aromatic N) is 1. The predicted octanol–water partition coefficient (Wildman–Crippen LogP) is 1.19. The number of unbranched alkanes of at least 4 members (excludes halogenated alkanes) is 1. The Morgan fingerprint density at radius 1 is 1.06 bits per heavy atom. The summed E-state index contributed by atoms with van der Waals surface area (Å²) in [6.07, 6.45) is 7.44. The van der Waals surface area contributed by atoms with Gasteiger partial charge in [-0.25, -0.2) is 0 Å². The molecule has 0 bridgehead atoms. The number of hydrogen-bond donors (Lipinski definition) is 1. The van der Waals surface area contributed by atoms with Crippen LogP contribution in [0.3, 0.4) is 0 Å². The highest BCUT2D eigenvalue weighted by atomic mass is 16.2. The van der Waals surface area contributed by atoms with E-state index >= 15 is 0 Å². The van der Waals surface area contributed by atoms with Crippen LogP contribution in [0.4, 0.5) is 0 Å². The molecule has 0 aromatic rings. The first-order valence-corrected chi connectivity index (χ1v) is 6.29. The predicted molar refractivity (Wildman–Crippen MR) is 60.6 cm³/mol. The minimum absolute atomic E-state index is 0.271. The average molecular weight is 224 g/mol. The molecule has 4 heteroatoms. The van der Waals surface area contributed by atoms with Gasteiger partial charge >= 0.3 is 0 Å². The molecular weight excluding hydrogens is 204 g/mol. The zero-order chi connectivity index (χ0) is 11.5. The highest BCUT2D eigenvalue weighted by Gasteiger charge is 2.50. The van der Waals surface area contributed by atoms with Crippen molar-refractivity contribution in [3.63, 3.8) is 0 Å². The first-order valence-electron chi connectivity index (χ1n) is 6.29. The summed E-state index contributed by atoms with van der Waals surface area (Å²) in [4.78, 5) is 24.4. The van der Waals surface area contributed by atoms with Crippen molar-refractivity contribution in [3.8, 4) is 0 Å². The average Bonchev–Trinajstić information content (AvgIpc) is 2.98. The molecule has 2 fully saturated rings. The minimum Gasteiger partial charge on any atom is -0.370 e. The Kier molecular flexibility index (Phi) is 3.46. The third-order valence-corrected chi connectivity index (χ3v) is 3.67. The molecule has 0 spiro atoms. The van der Waals surface area contributed by atoms with Crippen LogP contribution >= 0.6 is 0 Å². The Morgan fingerprint density at radius 2 is 1.62 bits per heavy atom. The molecule has 0 aromatic carbocycles. The van der Waals surface area contributed by atoms with Crippen molar-refractivity contribution in [2.75, 3.05) is 0 Å². The number of amides is 2. The van der Waals surface area contributed by atoms with Gasteiger partial charge in [0.1, 0.15) is 0 Å². The molecule has 1 saturated carbocycles. The van der Waals surface area contributed by atoms with E-state index < -0.39 is 0 Å². The van der Waals surface area contributed by atoms with Gasteiger partial charge < -0.3 is 10.6 Å². The standard InChI is InChI=1S/C12H20N2O2/c13-11(15)7-3-4-8-12(16)14-9-5-1-2-6-10(9)14/h9-10H,1-8H2,(H2,13,15). The molecule has 1 aliphatic heterocycles. The van der Waals surface area contributed by atoms with Crippen LogP contribution in [-0.4, -0.2) is 28.8 Å². The molecule has 2 rings (SSSR count). The molecule has 16 heavy (non-hydrogen) atoms. The lowest BCUT2D eigenvalue weighted by Gasteiger charge is -2.03. The van der Waals surface area contributed by atoms with Gasteiger partial charge in [0.25, 0.3) is 0 Å². The summed E-state index contributed by atoms with van der Waals surface area (Å²) < 4.78 is 0. The molecule has 1 aliphatic carbocycles. The largest absolute Gasteiger partial charge is 0.370 e. The summed E-state index contributed by atoms with van der Waals surface area (Å²) in [6, 6.07) is 1.11. The zero-order valence-electron chi connectivity index (χ0n) is 9.65. The Balaban J connectivity index is 1.64. The van der Waals surface area contributed by atoms with Crippen molar-refractivity contribution in [1.82, 2.24) is 4.90 Å². The summed E-state index contributed by atoms with van der Waals surface area (Å²) in [5.41, 5.74) is 5.04. The molecule has 2 N–H and O–H groups in total. The smallest absolute Gasteiger partial charge is 0.223 e. The van der Waals surface area contributed by atoms with E-state index in [1.165, 1.54) is 25.7 Å². The van der Waals surface area contributed by atoms with E-state index in [1.807, 2.05) is 0 Å². The second-order valence-corrected chi connectivity index (χ2v) is 4.89. The van der Waals surface area contributed by atoms with Crippen molar-refractivity contribution >= 4 is 11.8 Å². The monoisotopic (exact) mass is 224 g/mol. The SMILES string of the molecule is NC(=O)CCCCC(=O)N1C2CCCCC21.